The summed E-state index contributed by atoms with van der Waals surface area (Å²) >= 11 is 1.27. The Kier molecular flexibility index (Phi) is 2.51. The van der Waals surface area contributed by atoms with E-state index in [1.807, 2.05) is 11.6 Å². The molecule has 1 aliphatic heterocycles. The van der Waals surface area contributed by atoms with Crippen molar-refractivity contribution < 1.29 is 0 Å². The van der Waals surface area contributed by atoms with Gasteiger partial charge in [0.15, 0.2) is 0 Å². The molecule has 1 atom stereocenters. The fourth-order valence-electron chi connectivity index (χ4n) is 1.73. The molecule has 1 saturated heterocycles. The molecule has 1 fully saturated rings. The summed E-state index contributed by atoms with van der Waals surface area (Å²) in [5.41, 5.74) is 0. The zero-order valence-corrected chi connectivity index (χ0v) is 8.59. The van der Waals surface area contributed by atoms with Crippen LogP contribution in [0.2, 0.25) is 0 Å². The molecule has 1 aromatic rings. The molecule has 1 aliphatic rings. The molecule has 13 heavy (non-hydrogen) atoms. The van der Waals surface area contributed by atoms with Crippen LogP contribution < -0.4 is 4.87 Å². The van der Waals surface area contributed by atoms with E-state index in [0.717, 1.165) is 13.2 Å². The number of thiazole rings is 1. The molecule has 0 N–H and O–H groups in total. The minimum Gasteiger partial charge on any atom is -0.292 e. The van der Waals surface area contributed by atoms with Crippen LogP contribution in [0.1, 0.15) is 19.8 Å². The highest BCUT2D eigenvalue weighted by Crippen LogP contribution is 2.20. The van der Waals surface area contributed by atoms with E-state index in [-0.39, 0.29) is 4.87 Å². The minimum atomic E-state index is 0.154. The molecule has 2 rings (SSSR count). The Morgan fingerprint density at radius 3 is 3.00 bits per heavy atom. The summed E-state index contributed by atoms with van der Waals surface area (Å²) in [6.45, 7) is 4.12. The summed E-state index contributed by atoms with van der Waals surface area (Å²) in [5.74, 6) is 0. The van der Waals surface area contributed by atoms with Crippen LogP contribution in [0.4, 0.5) is 0 Å². The highest BCUT2D eigenvalue weighted by molar-refractivity contribution is 7.07. The van der Waals surface area contributed by atoms with Crippen LogP contribution in [0.15, 0.2) is 16.4 Å². The number of hydrogen-bond acceptors (Lipinski definition) is 3. The molecule has 1 aromatic heterocycles. The molecular formula is C9H14N2OS. The number of hydrogen-bond donors (Lipinski definition) is 0. The Hall–Kier alpha value is -0.610. The van der Waals surface area contributed by atoms with Gasteiger partial charge < -0.3 is 0 Å². The van der Waals surface area contributed by atoms with Crippen molar-refractivity contribution in [3.8, 4) is 0 Å². The highest BCUT2D eigenvalue weighted by Gasteiger charge is 2.26. The third kappa shape index (κ3) is 1.69. The van der Waals surface area contributed by atoms with Gasteiger partial charge in [0.1, 0.15) is 0 Å². The van der Waals surface area contributed by atoms with E-state index in [2.05, 4.69) is 11.8 Å². The van der Waals surface area contributed by atoms with Crippen LogP contribution >= 0.6 is 11.3 Å². The maximum atomic E-state index is 11.2. The van der Waals surface area contributed by atoms with Gasteiger partial charge in [0.05, 0.1) is 6.67 Å². The second kappa shape index (κ2) is 3.64. The first-order valence-electron chi connectivity index (χ1n) is 4.69. The SMILES string of the molecule is CCC1CCN1Cn1ccsc1=O. The highest BCUT2D eigenvalue weighted by atomic mass is 32.1. The van der Waals surface area contributed by atoms with Crippen molar-refractivity contribution in [2.24, 2.45) is 0 Å². The van der Waals surface area contributed by atoms with Gasteiger partial charge in [-0.2, -0.15) is 0 Å². The average Bonchev–Trinajstić information content (AvgIpc) is 2.46. The quantitative estimate of drug-likeness (QED) is 0.732. The molecule has 72 valence electrons. The fraction of sp³-hybridized carbons (Fsp3) is 0.667. The molecule has 2 heterocycles. The fourth-order valence-corrected chi connectivity index (χ4v) is 2.31. The van der Waals surface area contributed by atoms with Crippen molar-refractivity contribution >= 4 is 11.3 Å². The smallest absolute Gasteiger partial charge is 0.292 e. The normalized spacial score (nSPS) is 23.0. The summed E-state index contributed by atoms with van der Waals surface area (Å²) in [7, 11) is 0. The maximum Gasteiger partial charge on any atom is 0.308 e. The largest absolute Gasteiger partial charge is 0.308 e. The van der Waals surface area contributed by atoms with Crippen molar-refractivity contribution in [3.63, 3.8) is 0 Å². The number of rotatable bonds is 3. The molecule has 0 radical (unpaired) electrons. The van der Waals surface area contributed by atoms with Crippen molar-refractivity contribution in [2.75, 3.05) is 6.54 Å². The standard InChI is InChI=1S/C9H14N2OS/c1-2-8-3-4-10(8)7-11-5-6-13-9(11)12/h5-6,8H,2-4,7H2,1H3. The number of likely N-dealkylation sites (tertiary alicyclic amines) is 1. The van der Waals surface area contributed by atoms with E-state index in [9.17, 15) is 4.79 Å². The summed E-state index contributed by atoms with van der Waals surface area (Å²) < 4.78 is 1.78. The lowest BCUT2D eigenvalue weighted by Crippen LogP contribution is -2.48. The molecular weight excluding hydrogens is 184 g/mol. The van der Waals surface area contributed by atoms with Gasteiger partial charge in [-0.25, -0.2) is 0 Å². The summed E-state index contributed by atoms with van der Waals surface area (Å²) in [5, 5.41) is 1.85. The Morgan fingerprint density at radius 2 is 2.54 bits per heavy atom. The third-order valence-corrected chi connectivity index (χ3v) is 3.41. The zero-order chi connectivity index (χ0) is 9.26. The molecule has 0 bridgehead atoms. The Labute approximate surface area is 81.6 Å². The van der Waals surface area contributed by atoms with Crippen LogP contribution in [-0.4, -0.2) is 22.1 Å². The lowest BCUT2D eigenvalue weighted by atomic mass is 10.0. The van der Waals surface area contributed by atoms with Gasteiger partial charge >= 0.3 is 4.87 Å². The minimum absolute atomic E-state index is 0.154. The van der Waals surface area contributed by atoms with Gasteiger partial charge in [-0.05, 0) is 12.8 Å². The lowest BCUT2D eigenvalue weighted by molar-refractivity contribution is 0.0525. The van der Waals surface area contributed by atoms with E-state index in [1.165, 1.54) is 24.2 Å². The van der Waals surface area contributed by atoms with Gasteiger partial charge in [-0.3, -0.25) is 14.3 Å². The van der Waals surface area contributed by atoms with E-state index in [0.29, 0.717) is 6.04 Å². The summed E-state index contributed by atoms with van der Waals surface area (Å²) in [6, 6.07) is 0.701. The Morgan fingerprint density at radius 1 is 1.69 bits per heavy atom. The monoisotopic (exact) mass is 198 g/mol. The second-order valence-corrected chi connectivity index (χ2v) is 4.30. The van der Waals surface area contributed by atoms with Gasteiger partial charge in [0.25, 0.3) is 0 Å². The maximum absolute atomic E-state index is 11.2. The predicted molar refractivity (Wildman–Crippen MR) is 54.0 cm³/mol. The molecule has 0 amide bonds. The summed E-state index contributed by atoms with van der Waals surface area (Å²) in [4.78, 5) is 13.8. The van der Waals surface area contributed by atoms with Crippen LogP contribution in [0.5, 0.6) is 0 Å². The number of nitrogens with zero attached hydrogens (tertiary/aromatic N) is 2. The van der Waals surface area contributed by atoms with Crippen LogP contribution in [0.3, 0.4) is 0 Å². The van der Waals surface area contributed by atoms with Crippen molar-refractivity contribution in [2.45, 2.75) is 32.5 Å². The summed E-state index contributed by atoms with van der Waals surface area (Å²) in [6.07, 6.45) is 4.35. The van der Waals surface area contributed by atoms with Gasteiger partial charge in [-0.15, -0.1) is 0 Å². The zero-order valence-electron chi connectivity index (χ0n) is 7.77. The average molecular weight is 198 g/mol. The predicted octanol–water partition coefficient (Wildman–Crippen LogP) is 1.35. The van der Waals surface area contributed by atoms with E-state index in [4.69, 9.17) is 0 Å². The molecule has 0 saturated carbocycles. The number of aromatic nitrogens is 1. The molecule has 3 nitrogen and oxygen atoms in total. The van der Waals surface area contributed by atoms with E-state index in [1.54, 1.807) is 4.57 Å². The Balaban J connectivity index is 1.99. The molecule has 0 aromatic carbocycles. The van der Waals surface area contributed by atoms with Gasteiger partial charge in [-0.1, -0.05) is 18.3 Å². The first-order chi connectivity index (χ1) is 6.31. The van der Waals surface area contributed by atoms with E-state index >= 15 is 0 Å². The van der Waals surface area contributed by atoms with Crippen LogP contribution in [0.25, 0.3) is 0 Å². The van der Waals surface area contributed by atoms with Crippen molar-refractivity contribution in [1.82, 2.24) is 9.47 Å². The molecule has 0 spiro atoms. The lowest BCUT2D eigenvalue weighted by Gasteiger charge is -2.40. The molecule has 4 heteroatoms. The molecule has 0 aliphatic carbocycles. The van der Waals surface area contributed by atoms with E-state index < -0.39 is 0 Å². The second-order valence-electron chi connectivity index (χ2n) is 3.44. The third-order valence-electron chi connectivity index (χ3n) is 2.72. The van der Waals surface area contributed by atoms with Crippen LogP contribution in [-0.2, 0) is 6.67 Å². The van der Waals surface area contributed by atoms with Crippen molar-refractivity contribution in [1.29, 1.82) is 0 Å². The Bertz CT molecular complexity index is 328. The van der Waals surface area contributed by atoms with Gasteiger partial charge in [0.2, 0.25) is 0 Å². The first kappa shape index (κ1) is 8.97. The topological polar surface area (TPSA) is 25.2 Å². The van der Waals surface area contributed by atoms with Crippen molar-refractivity contribution in [3.05, 3.63) is 21.2 Å². The van der Waals surface area contributed by atoms with Crippen LogP contribution in [0, 0.1) is 0 Å². The van der Waals surface area contributed by atoms with Gasteiger partial charge in [0, 0.05) is 24.2 Å². The molecule has 1 unspecified atom stereocenters. The first-order valence-corrected chi connectivity index (χ1v) is 5.57.